The maximum atomic E-state index is 5.82. The maximum Gasteiger partial charge on any atom is 0.146 e. The van der Waals surface area contributed by atoms with Gasteiger partial charge in [-0.2, -0.15) is 0 Å². The highest BCUT2D eigenvalue weighted by Crippen LogP contribution is 2.30. The first-order chi connectivity index (χ1) is 10.3. The fourth-order valence-corrected chi connectivity index (χ4v) is 2.53. The summed E-state index contributed by atoms with van der Waals surface area (Å²) in [5, 5.41) is 3.48. The van der Waals surface area contributed by atoms with Crippen molar-refractivity contribution in [1.29, 1.82) is 0 Å². The summed E-state index contributed by atoms with van der Waals surface area (Å²) in [5.74, 6) is 2.43. The molecule has 1 aliphatic carbocycles. The van der Waals surface area contributed by atoms with Crippen LogP contribution >= 0.6 is 15.9 Å². The van der Waals surface area contributed by atoms with Gasteiger partial charge in [0, 0.05) is 18.2 Å². The third-order valence-corrected chi connectivity index (χ3v) is 4.11. The molecule has 0 unspecified atom stereocenters. The molecule has 21 heavy (non-hydrogen) atoms. The van der Waals surface area contributed by atoms with Crippen molar-refractivity contribution in [3.05, 3.63) is 46.3 Å². The van der Waals surface area contributed by atoms with Crippen LogP contribution in [0.2, 0.25) is 0 Å². The van der Waals surface area contributed by atoms with Crippen LogP contribution in [0.5, 0.6) is 11.5 Å². The molecule has 0 radical (unpaired) electrons. The van der Waals surface area contributed by atoms with Crippen LogP contribution in [-0.4, -0.2) is 13.2 Å². The zero-order valence-electron chi connectivity index (χ0n) is 11.9. The van der Waals surface area contributed by atoms with E-state index in [9.17, 15) is 0 Å². The van der Waals surface area contributed by atoms with Gasteiger partial charge in [0.25, 0.3) is 0 Å². The lowest BCUT2D eigenvalue weighted by molar-refractivity contribution is 0.266. The van der Waals surface area contributed by atoms with E-state index in [4.69, 9.17) is 13.9 Å². The molecule has 0 amide bonds. The largest absolute Gasteiger partial charge is 0.497 e. The highest BCUT2D eigenvalue weighted by atomic mass is 79.9. The monoisotopic (exact) mass is 351 g/mol. The number of rotatable bonds is 7. The number of nitrogens with one attached hydrogen (secondary N) is 1. The first-order valence-electron chi connectivity index (χ1n) is 7.01. The molecule has 0 aliphatic heterocycles. The van der Waals surface area contributed by atoms with Crippen molar-refractivity contribution in [2.75, 3.05) is 7.11 Å². The number of halogens is 1. The lowest BCUT2D eigenvalue weighted by atomic mass is 10.2. The number of benzene rings is 1. The van der Waals surface area contributed by atoms with Gasteiger partial charge in [-0.25, -0.2) is 0 Å². The third kappa shape index (κ3) is 3.80. The van der Waals surface area contributed by atoms with E-state index in [-0.39, 0.29) is 0 Å². The highest BCUT2D eigenvalue weighted by molar-refractivity contribution is 9.10. The summed E-state index contributed by atoms with van der Waals surface area (Å²) >= 11 is 3.48. The summed E-state index contributed by atoms with van der Waals surface area (Å²) < 4.78 is 17.4. The summed E-state index contributed by atoms with van der Waals surface area (Å²) in [6.07, 6.45) is 4.27. The van der Waals surface area contributed by atoms with E-state index >= 15 is 0 Å². The van der Waals surface area contributed by atoms with Gasteiger partial charge in [-0.15, -0.1) is 0 Å². The summed E-state index contributed by atoms with van der Waals surface area (Å²) in [6.45, 7) is 1.25. The van der Waals surface area contributed by atoms with Gasteiger partial charge >= 0.3 is 0 Å². The lowest BCUT2D eigenvalue weighted by Gasteiger charge is -2.09. The van der Waals surface area contributed by atoms with Gasteiger partial charge in [0.05, 0.1) is 17.8 Å². The Labute approximate surface area is 132 Å². The number of hydrogen-bond donors (Lipinski definition) is 1. The molecule has 1 N–H and O–H groups in total. The summed E-state index contributed by atoms with van der Waals surface area (Å²) in [5.41, 5.74) is 1.16. The Morgan fingerprint density at radius 3 is 2.90 bits per heavy atom. The minimum absolute atomic E-state index is 0.416. The van der Waals surface area contributed by atoms with E-state index in [1.54, 1.807) is 13.4 Å². The van der Waals surface area contributed by atoms with Crippen LogP contribution in [0.1, 0.15) is 24.2 Å². The smallest absolute Gasteiger partial charge is 0.146 e. The molecule has 1 saturated carbocycles. The second-order valence-electron chi connectivity index (χ2n) is 5.11. The molecule has 1 aliphatic rings. The molecule has 0 atom stereocenters. The van der Waals surface area contributed by atoms with Crippen molar-refractivity contribution in [3.63, 3.8) is 0 Å². The highest BCUT2D eigenvalue weighted by Gasteiger charge is 2.21. The standard InChI is InChI=1S/C16H18BrNO3/c1-19-13-4-5-15(14(17)8-13)21-10-16-11(6-7-20-16)9-18-12-2-3-12/h4-8,12,18H,2-3,9-10H2,1H3. The summed E-state index contributed by atoms with van der Waals surface area (Å²) in [6, 6.07) is 8.32. The van der Waals surface area contributed by atoms with Gasteiger partial charge in [0.2, 0.25) is 0 Å². The van der Waals surface area contributed by atoms with Gasteiger partial charge < -0.3 is 19.2 Å². The quantitative estimate of drug-likeness (QED) is 0.821. The molecule has 1 fully saturated rings. The molecule has 1 heterocycles. The molecule has 0 bridgehead atoms. The fraction of sp³-hybridized carbons (Fsp3) is 0.375. The Kier molecular flexibility index (Phi) is 4.51. The minimum atomic E-state index is 0.416. The second-order valence-corrected chi connectivity index (χ2v) is 5.96. The van der Waals surface area contributed by atoms with E-state index < -0.39 is 0 Å². The Bertz CT molecular complexity index is 607. The fourth-order valence-electron chi connectivity index (χ4n) is 2.06. The Balaban J connectivity index is 1.60. The minimum Gasteiger partial charge on any atom is -0.497 e. The molecular weight excluding hydrogens is 334 g/mol. The third-order valence-electron chi connectivity index (χ3n) is 3.49. The van der Waals surface area contributed by atoms with Crippen LogP contribution < -0.4 is 14.8 Å². The molecule has 112 valence electrons. The van der Waals surface area contributed by atoms with Crippen molar-refractivity contribution in [2.24, 2.45) is 0 Å². The SMILES string of the molecule is COc1ccc(OCc2occc2CNC2CC2)c(Br)c1. The maximum absolute atomic E-state index is 5.82. The Morgan fingerprint density at radius 1 is 1.33 bits per heavy atom. The van der Waals surface area contributed by atoms with Crippen molar-refractivity contribution in [1.82, 2.24) is 5.32 Å². The summed E-state index contributed by atoms with van der Waals surface area (Å²) in [7, 11) is 1.64. The average molecular weight is 352 g/mol. The molecule has 4 nitrogen and oxygen atoms in total. The van der Waals surface area contributed by atoms with Crippen molar-refractivity contribution < 1.29 is 13.9 Å². The van der Waals surface area contributed by atoms with E-state index in [1.165, 1.54) is 12.8 Å². The number of ether oxygens (including phenoxy) is 2. The van der Waals surface area contributed by atoms with Crippen LogP contribution in [0.4, 0.5) is 0 Å². The molecular formula is C16H18BrNO3. The van der Waals surface area contributed by atoms with Crippen molar-refractivity contribution in [2.45, 2.75) is 32.0 Å². The predicted molar refractivity (Wildman–Crippen MR) is 83.6 cm³/mol. The number of furan rings is 1. The van der Waals surface area contributed by atoms with Crippen molar-refractivity contribution >= 4 is 15.9 Å². The molecule has 0 spiro atoms. The zero-order valence-corrected chi connectivity index (χ0v) is 13.5. The molecule has 1 aromatic carbocycles. The molecule has 2 aromatic rings. The zero-order chi connectivity index (χ0) is 14.7. The molecule has 3 rings (SSSR count). The predicted octanol–water partition coefficient (Wildman–Crippen LogP) is 3.88. The Hall–Kier alpha value is -1.46. The first-order valence-corrected chi connectivity index (χ1v) is 7.80. The van der Waals surface area contributed by atoms with Crippen molar-refractivity contribution in [3.8, 4) is 11.5 Å². The van der Waals surface area contributed by atoms with Crippen LogP contribution in [0.15, 0.2) is 39.4 Å². The van der Waals surface area contributed by atoms with Gasteiger partial charge in [0.15, 0.2) is 0 Å². The van der Waals surface area contributed by atoms with Gasteiger partial charge in [-0.3, -0.25) is 0 Å². The first kappa shape index (κ1) is 14.5. The van der Waals surface area contributed by atoms with E-state index in [0.29, 0.717) is 12.6 Å². The number of hydrogen-bond acceptors (Lipinski definition) is 4. The normalized spacial score (nSPS) is 14.2. The molecule has 1 aromatic heterocycles. The lowest BCUT2D eigenvalue weighted by Crippen LogP contribution is -2.16. The molecule has 0 saturated heterocycles. The van der Waals surface area contributed by atoms with Crippen LogP contribution in [0.3, 0.4) is 0 Å². The molecule has 5 heteroatoms. The van der Waals surface area contributed by atoms with Gasteiger partial charge in [-0.1, -0.05) is 0 Å². The topological polar surface area (TPSA) is 43.6 Å². The van der Waals surface area contributed by atoms with Gasteiger partial charge in [-0.05, 0) is 53.0 Å². The van der Waals surface area contributed by atoms with Crippen LogP contribution in [0, 0.1) is 0 Å². The van der Waals surface area contributed by atoms with E-state index in [0.717, 1.165) is 33.8 Å². The second kappa shape index (κ2) is 6.54. The van der Waals surface area contributed by atoms with Gasteiger partial charge in [0.1, 0.15) is 23.9 Å². The van der Waals surface area contributed by atoms with E-state index in [1.807, 2.05) is 24.3 Å². The van der Waals surface area contributed by atoms with E-state index in [2.05, 4.69) is 21.2 Å². The van der Waals surface area contributed by atoms with Crippen LogP contribution in [0.25, 0.3) is 0 Å². The van der Waals surface area contributed by atoms with Crippen LogP contribution in [-0.2, 0) is 13.2 Å². The average Bonchev–Trinajstić information content (AvgIpc) is 3.22. The summed E-state index contributed by atoms with van der Waals surface area (Å²) in [4.78, 5) is 0. The number of methoxy groups -OCH3 is 1. The Morgan fingerprint density at radius 2 is 2.19 bits per heavy atom.